The van der Waals surface area contributed by atoms with E-state index in [0.717, 1.165) is 32.6 Å². The van der Waals surface area contributed by atoms with Crippen LogP contribution in [0.1, 0.15) is 27.2 Å². The fourth-order valence-electron chi connectivity index (χ4n) is 2.36. The van der Waals surface area contributed by atoms with Crippen molar-refractivity contribution < 1.29 is 5.11 Å². The summed E-state index contributed by atoms with van der Waals surface area (Å²) >= 11 is 0. The van der Waals surface area contributed by atoms with Crippen LogP contribution in [0.5, 0.6) is 0 Å². The van der Waals surface area contributed by atoms with Crippen LogP contribution in [0.15, 0.2) is 0 Å². The Balaban J connectivity index is 2.25. The highest BCUT2D eigenvalue weighted by molar-refractivity contribution is 4.78. The van der Waals surface area contributed by atoms with Gasteiger partial charge in [-0.15, -0.1) is 0 Å². The first-order valence-electron chi connectivity index (χ1n) is 6.82. The van der Waals surface area contributed by atoms with E-state index >= 15 is 0 Å². The summed E-state index contributed by atoms with van der Waals surface area (Å²) in [4.78, 5) is 4.92. The van der Waals surface area contributed by atoms with Gasteiger partial charge in [0.25, 0.3) is 0 Å². The molecule has 1 heterocycles. The molecule has 2 atom stereocenters. The predicted molar refractivity (Wildman–Crippen MR) is 72.3 cm³/mol. The van der Waals surface area contributed by atoms with E-state index in [1.807, 2.05) is 0 Å². The molecule has 1 rings (SSSR count). The molecule has 0 radical (unpaired) electrons. The summed E-state index contributed by atoms with van der Waals surface area (Å²) in [5.41, 5.74) is 0. The molecule has 0 saturated carbocycles. The van der Waals surface area contributed by atoms with Crippen LogP contribution < -0.4 is 5.32 Å². The summed E-state index contributed by atoms with van der Waals surface area (Å²) < 4.78 is 0. The average molecular weight is 243 g/mol. The van der Waals surface area contributed by atoms with E-state index in [0.29, 0.717) is 12.1 Å². The standard InChI is InChI=1S/C13H29N3O/c1-11(2)14-13(10-17)5-6-16-8-7-15(4)12(3)9-16/h11-14,17H,5-10H2,1-4H3. The van der Waals surface area contributed by atoms with Gasteiger partial charge in [0.15, 0.2) is 0 Å². The SMILES string of the molecule is CC(C)NC(CO)CCN1CCN(C)C(C)C1. The van der Waals surface area contributed by atoms with Crippen LogP contribution in [-0.4, -0.2) is 72.9 Å². The Kier molecular flexibility index (Phi) is 6.41. The molecule has 0 spiro atoms. The third-order valence-corrected chi connectivity index (χ3v) is 3.63. The maximum atomic E-state index is 9.31. The van der Waals surface area contributed by atoms with Crippen LogP contribution in [0.2, 0.25) is 0 Å². The second-order valence-corrected chi connectivity index (χ2v) is 5.62. The van der Waals surface area contributed by atoms with Gasteiger partial charge in [-0.25, -0.2) is 0 Å². The number of aliphatic hydroxyl groups excluding tert-OH is 1. The van der Waals surface area contributed by atoms with E-state index in [1.54, 1.807) is 0 Å². The van der Waals surface area contributed by atoms with Gasteiger partial charge in [-0.1, -0.05) is 13.8 Å². The van der Waals surface area contributed by atoms with Gasteiger partial charge in [-0.05, 0) is 26.9 Å². The molecule has 0 aliphatic carbocycles. The third kappa shape index (κ3) is 5.34. The summed E-state index contributed by atoms with van der Waals surface area (Å²) in [7, 11) is 2.19. The molecule has 0 amide bonds. The van der Waals surface area contributed by atoms with Crippen molar-refractivity contribution in [1.82, 2.24) is 15.1 Å². The number of nitrogens with one attached hydrogen (secondary N) is 1. The van der Waals surface area contributed by atoms with Gasteiger partial charge in [0, 0.05) is 37.8 Å². The summed E-state index contributed by atoms with van der Waals surface area (Å²) in [6, 6.07) is 1.33. The van der Waals surface area contributed by atoms with Crippen LogP contribution >= 0.6 is 0 Å². The Bertz CT molecular complexity index is 211. The highest BCUT2D eigenvalue weighted by Crippen LogP contribution is 2.08. The lowest BCUT2D eigenvalue weighted by molar-refractivity contribution is 0.0979. The molecular formula is C13H29N3O. The average Bonchev–Trinajstić information content (AvgIpc) is 2.28. The highest BCUT2D eigenvalue weighted by Gasteiger charge is 2.21. The Labute approximate surface area is 106 Å². The molecular weight excluding hydrogens is 214 g/mol. The maximum absolute atomic E-state index is 9.31. The largest absolute Gasteiger partial charge is 0.395 e. The van der Waals surface area contributed by atoms with Crippen LogP contribution in [-0.2, 0) is 0 Å². The second kappa shape index (κ2) is 7.31. The Morgan fingerprint density at radius 3 is 2.59 bits per heavy atom. The van der Waals surface area contributed by atoms with Crippen LogP contribution in [0.3, 0.4) is 0 Å². The van der Waals surface area contributed by atoms with Crippen molar-refractivity contribution in [2.75, 3.05) is 39.8 Å². The van der Waals surface area contributed by atoms with E-state index in [9.17, 15) is 5.11 Å². The van der Waals surface area contributed by atoms with E-state index < -0.39 is 0 Å². The Hall–Kier alpha value is -0.160. The van der Waals surface area contributed by atoms with Crippen molar-refractivity contribution in [1.29, 1.82) is 0 Å². The molecule has 4 nitrogen and oxygen atoms in total. The zero-order valence-electron chi connectivity index (χ0n) is 11.8. The number of likely N-dealkylation sites (N-methyl/N-ethyl adjacent to an activating group) is 1. The van der Waals surface area contributed by atoms with Gasteiger partial charge < -0.3 is 20.2 Å². The molecule has 0 bridgehead atoms. The maximum Gasteiger partial charge on any atom is 0.0585 e. The molecule has 1 fully saturated rings. The van der Waals surface area contributed by atoms with Crippen molar-refractivity contribution >= 4 is 0 Å². The van der Waals surface area contributed by atoms with E-state index in [1.165, 1.54) is 0 Å². The second-order valence-electron chi connectivity index (χ2n) is 5.62. The lowest BCUT2D eigenvalue weighted by atomic mass is 10.1. The van der Waals surface area contributed by atoms with Crippen molar-refractivity contribution in [2.45, 2.75) is 45.3 Å². The molecule has 2 N–H and O–H groups in total. The first kappa shape index (κ1) is 14.9. The summed E-state index contributed by atoms with van der Waals surface area (Å²) in [6.07, 6.45) is 1.03. The van der Waals surface area contributed by atoms with Crippen molar-refractivity contribution in [2.24, 2.45) is 0 Å². The van der Waals surface area contributed by atoms with E-state index in [-0.39, 0.29) is 12.6 Å². The van der Waals surface area contributed by atoms with Gasteiger partial charge in [0.05, 0.1) is 6.61 Å². The molecule has 17 heavy (non-hydrogen) atoms. The zero-order chi connectivity index (χ0) is 12.8. The van der Waals surface area contributed by atoms with Gasteiger partial charge >= 0.3 is 0 Å². The zero-order valence-corrected chi connectivity index (χ0v) is 11.8. The lowest BCUT2D eigenvalue weighted by Gasteiger charge is -2.38. The minimum atomic E-state index is 0.238. The molecule has 0 aromatic rings. The Morgan fingerprint density at radius 2 is 2.06 bits per heavy atom. The van der Waals surface area contributed by atoms with E-state index in [2.05, 4.69) is 42.9 Å². The lowest BCUT2D eigenvalue weighted by Crippen LogP contribution is -2.51. The number of hydrogen-bond donors (Lipinski definition) is 2. The highest BCUT2D eigenvalue weighted by atomic mass is 16.3. The number of nitrogens with zero attached hydrogens (tertiary/aromatic N) is 2. The minimum absolute atomic E-state index is 0.238. The molecule has 1 aliphatic rings. The predicted octanol–water partition coefficient (Wildman–Crippen LogP) is 0.371. The van der Waals surface area contributed by atoms with Crippen molar-refractivity contribution in [3.8, 4) is 0 Å². The van der Waals surface area contributed by atoms with Crippen molar-refractivity contribution in [3.63, 3.8) is 0 Å². The van der Waals surface area contributed by atoms with Crippen LogP contribution in [0, 0.1) is 0 Å². The summed E-state index contributed by atoms with van der Waals surface area (Å²) in [5, 5.41) is 12.7. The first-order chi connectivity index (χ1) is 8.02. The number of hydrogen-bond acceptors (Lipinski definition) is 4. The fourth-order valence-corrected chi connectivity index (χ4v) is 2.36. The molecule has 0 aromatic carbocycles. The molecule has 2 unspecified atom stereocenters. The normalized spacial score (nSPS) is 25.4. The monoisotopic (exact) mass is 243 g/mol. The van der Waals surface area contributed by atoms with Crippen LogP contribution in [0.4, 0.5) is 0 Å². The molecule has 1 saturated heterocycles. The van der Waals surface area contributed by atoms with Crippen molar-refractivity contribution in [3.05, 3.63) is 0 Å². The van der Waals surface area contributed by atoms with Crippen LogP contribution in [0.25, 0.3) is 0 Å². The smallest absolute Gasteiger partial charge is 0.0585 e. The van der Waals surface area contributed by atoms with Gasteiger partial charge in [0.1, 0.15) is 0 Å². The van der Waals surface area contributed by atoms with Gasteiger partial charge in [-0.2, -0.15) is 0 Å². The summed E-state index contributed by atoms with van der Waals surface area (Å²) in [6.45, 7) is 11.3. The number of piperazine rings is 1. The number of rotatable bonds is 6. The first-order valence-corrected chi connectivity index (χ1v) is 6.82. The Morgan fingerprint density at radius 1 is 1.35 bits per heavy atom. The fraction of sp³-hybridized carbons (Fsp3) is 1.00. The minimum Gasteiger partial charge on any atom is -0.395 e. The molecule has 1 aliphatic heterocycles. The summed E-state index contributed by atoms with van der Waals surface area (Å²) in [5.74, 6) is 0. The topological polar surface area (TPSA) is 38.7 Å². The van der Waals surface area contributed by atoms with E-state index in [4.69, 9.17) is 0 Å². The van der Waals surface area contributed by atoms with Gasteiger partial charge in [0.2, 0.25) is 0 Å². The quantitative estimate of drug-likeness (QED) is 0.707. The van der Waals surface area contributed by atoms with Gasteiger partial charge in [-0.3, -0.25) is 0 Å². The molecule has 102 valence electrons. The third-order valence-electron chi connectivity index (χ3n) is 3.63. The molecule has 0 aromatic heterocycles. The molecule has 4 heteroatoms. The number of aliphatic hydroxyl groups is 1.